The van der Waals surface area contributed by atoms with E-state index in [1.165, 1.54) is 76.2 Å². The van der Waals surface area contributed by atoms with E-state index < -0.39 is 0 Å². The number of hydrogen-bond acceptors (Lipinski definition) is 0. The van der Waals surface area contributed by atoms with E-state index in [4.69, 9.17) is 0 Å². The molecule has 4 rings (SSSR count). The molecule has 182 valence electrons. The first-order valence-electron chi connectivity index (χ1n) is 14.3. The molecule has 0 aromatic rings. The molecule has 7 unspecified atom stereocenters. The van der Waals surface area contributed by atoms with E-state index in [1.807, 2.05) is 13.8 Å². The largest absolute Gasteiger partial charge is 0.0998 e. The van der Waals surface area contributed by atoms with Crippen LogP contribution < -0.4 is 0 Å². The van der Waals surface area contributed by atoms with E-state index in [0.29, 0.717) is 16.2 Å². The zero-order chi connectivity index (χ0) is 23.4. The molecule has 0 radical (unpaired) electrons. The monoisotopic (exact) mass is 430 g/mol. The van der Waals surface area contributed by atoms with Crippen LogP contribution in [0.2, 0.25) is 0 Å². The van der Waals surface area contributed by atoms with E-state index in [2.05, 4.69) is 55.0 Å². The smallest absolute Gasteiger partial charge is 0.0152 e. The molecule has 0 bridgehead atoms. The molecule has 0 saturated heterocycles. The average Bonchev–Trinajstić information content (AvgIpc) is 3.03. The van der Waals surface area contributed by atoms with Crippen LogP contribution in [0.5, 0.6) is 0 Å². The summed E-state index contributed by atoms with van der Waals surface area (Å²) in [5, 5.41) is 0. The maximum absolute atomic E-state index is 4.40. The summed E-state index contributed by atoms with van der Waals surface area (Å²) in [5.41, 5.74) is 3.30. The average molecular weight is 431 g/mol. The zero-order valence-electron chi connectivity index (χ0n) is 23.1. The maximum Gasteiger partial charge on any atom is -0.0152 e. The normalized spacial score (nSPS) is 42.9. The second-order valence-corrected chi connectivity index (χ2v) is 12.7. The van der Waals surface area contributed by atoms with Gasteiger partial charge >= 0.3 is 0 Å². The SMILES string of the molecule is C=C(C)C1CCC2C3CCC4CCC(C)(C)CCC4(CC)C3CCC12C.CC.CCC. The van der Waals surface area contributed by atoms with E-state index in [9.17, 15) is 0 Å². The van der Waals surface area contributed by atoms with Gasteiger partial charge in [0, 0.05) is 0 Å². The fourth-order valence-corrected chi connectivity index (χ4v) is 9.01. The molecular formula is C31H58. The Kier molecular flexibility index (Phi) is 9.38. The van der Waals surface area contributed by atoms with Crippen molar-refractivity contribution in [2.45, 2.75) is 139 Å². The summed E-state index contributed by atoms with van der Waals surface area (Å²) in [6, 6.07) is 0. The molecule has 0 aliphatic heterocycles. The van der Waals surface area contributed by atoms with Gasteiger partial charge in [0.05, 0.1) is 0 Å². The fraction of sp³-hybridized carbons (Fsp3) is 0.935. The number of fused-ring (bicyclic) bond motifs is 5. The van der Waals surface area contributed by atoms with Gasteiger partial charge in [-0.1, -0.05) is 74.0 Å². The summed E-state index contributed by atoms with van der Waals surface area (Å²) in [4.78, 5) is 0. The van der Waals surface area contributed by atoms with Gasteiger partial charge in [0.1, 0.15) is 0 Å². The van der Waals surface area contributed by atoms with Crippen molar-refractivity contribution in [2.24, 2.45) is 45.8 Å². The minimum atomic E-state index is 0.568. The van der Waals surface area contributed by atoms with Gasteiger partial charge in [0.15, 0.2) is 0 Å². The van der Waals surface area contributed by atoms with Gasteiger partial charge in [-0.05, 0) is 123 Å². The Morgan fingerprint density at radius 3 is 2.00 bits per heavy atom. The summed E-state index contributed by atoms with van der Waals surface area (Å²) in [6.45, 7) is 25.2. The second kappa shape index (κ2) is 10.8. The van der Waals surface area contributed by atoms with Crippen molar-refractivity contribution >= 4 is 0 Å². The molecule has 0 aromatic heterocycles. The first-order chi connectivity index (χ1) is 14.6. The van der Waals surface area contributed by atoms with Crippen molar-refractivity contribution in [3.63, 3.8) is 0 Å². The Labute approximate surface area is 197 Å². The van der Waals surface area contributed by atoms with Crippen molar-refractivity contribution in [3.05, 3.63) is 12.2 Å². The predicted molar refractivity (Wildman–Crippen MR) is 140 cm³/mol. The van der Waals surface area contributed by atoms with Gasteiger partial charge in [-0.2, -0.15) is 0 Å². The van der Waals surface area contributed by atoms with Crippen LogP contribution in [-0.4, -0.2) is 0 Å². The summed E-state index contributed by atoms with van der Waals surface area (Å²) in [6.07, 6.45) is 17.7. The molecule has 7 atom stereocenters. The van der Waals surface area contributed by atoms with Crippen molar-refractivity contribution in [1.82, 2.24) is 0 Å². The van der Waals surface area contributed by atoms with Crippen LogP contribution in [0.3, 0.4) is 0 Å². The molecular weight excluding hydrogens is 372 g/mol. The van der Waals surface area contributed by atoms with Gasteiger partial charge in [-0.15, -0.1) is 0 Å². The van der Waals surface area contributed by atoms with Gasteiger partial charge in [-0.25, -0.2) is 0 Å². The summed E-state index contributed by atoms with van der Waals surface area (Å²) in [5.74, 6) is 4.87. The standard InChI is InChI=1S/C26H44.C3H8.C2H6/c1-7-26-17-16-24(4,5)14-12-19(26)8-9-20-22-11-10-21(18(2)3)25(22,6)15-13-23(20)26;1-3-2;1-2/h19-23H,2,7-17H2,1,3-6H3;3H2,1-2H3;1-2H3. The van der Waals surface area contributed by atoms with Crippen LogP contribution >= 0.6 is 0 Å². The first-order valence-corrected chi connectivity index (χ1v) is 14.3. The zero-order valence-corrected chi connectivity index (χ0v) is 23.1. The summed E-state index contributed by atoms with van der Waals surface area (Å²) >= 11 is 0. The van der Waals surface area contributed by atoms with Crippen LogP contribution in [-0.2, 0) is 0 Å². The molecule has 0 heteroatoms. The lowest BCUT2D eigenvalue weighted by atomic mass is 9.45. The van der Waals surface area contributed by atoms with Gasteiger partial charge < -0.3 is 0 Å². The van der Waals surface area contributed by atoms with Crippen LogP contribution in [0, 0.1) is 45.8 Å². The first kappa shape index (κ1) is 27.0. The van der Waals surface area contributed by atoms with E-state index >= 15 is 0 Å². The highest BCUT2D eigenvalue weighted by atomic mass is 14.6. The lowest BCUT2D eigenvalue weighted by Gasteiger charge is -2.60. The van der Waals surface area contributed by atoms with Crippen LogP contribution in [0.4, 0.5) is 0 Å². The lowest BCUT2D eigenvalue weighted by molar-refractivity contribution is -0.107. The molecule has 0 aromatic carbocycles. The molecule has 0 spiro atoms. The van der Waals surface area contributed by atoms with Gasteiger partial charge in [0.25, 0.3) is 0 Å². The summed E-state index contributed by atoms with van der Waals surface area (Å²) in [7, 11) is 0. The molecule has 0 heterocycles. The Morgan fingerprint density at radius 2 is 1.42 bits per heavy atom. The maximum atomic E-state index is 4.40. The van der Waals surface area contributed by atoms with E-state index in [0.717, 1.165) is 29.6 Å². The van der Waals surface area contributed by atoms with E-state index in [-0.39, 0.29) is 0 Å². The molecule has 0 nitrogen and oxygen atoms in total. The third-order valence-corrected chi connectivity index (χ3v) is 10.5. The molecule has 4 aliphatic rings. The van der Waals surface area contributed by atoms with Crippen molar-refractivity contribution in [1.29, 1.82) is 0 Å². The second-order valence-electron chi connectivity index (χ2n) is 12.7. The van der Waals surface area contributed by atoms with Gasteiger partial charge in [0.2, 0.25) is 0 Å². The minimum absolute atomic E-state index is 0.568. The topological polar surface area (TPSA) is 0 Å². The third kappa shape index (κ3) is 4.99. The van der Waals surface area contributed by atoms with Crippen LogP contribution in [0.25, 0.3) is 0 Å². The van der Waals surface area contributed by atoms with Crippen LogP contribution in [0.15, 0.2) is 12.2 Å². The Balaban J connectivity index is 0.000000630. The quantitative estimate of drug-likeness (QED) is 0.382. The number of allylic oxidation sites excluding steroid dienone is 1. The van der Waals surface area contributed by atoms with Crippen molar-refractivity contribution < 1.29 is 0 Å². The van der Waals surface area contributed by atoms with Crippen LogP contribution in [0.1, 0.15) is 139 Å². The molecule has 4 saturated carbocycles. The fourth-order valence-electron chi connectivity index (χ4n) is 9.01. The highest BCUT2D eigenvalue weighted by Crippen LogP contribution is 2.69. The summed E-state index contributed by atoms with van der Waals surface area (Å²) < 4.78 is 0. The lowest BCUT2D eigenvalue weighted by Crippen LogP contribution is -2.52. The molecule has 4 aliphatic carbocycles. The highest BCUT2D eigenvalue weighted by Gasteiger charge is 2.60. The third-order valence-electron chi connectivity index (χ3n) is 10.5. The minimum Gasteiger partial charge on any atom is -0.0998 e. The molecule has 0 N–H and O–H groups in total. The van der Waals surface area contributed by atoms with E-state index in [1.54, 1.807) is 6.42 Å². The molecule has 4 fully saturated rings. The predicted octanol–water partition coefficient (Wildman–Crippen LogP) is 10.5. The Hall–Kier alpha value is -0.260. The Bertz CT molecular complexity index is 571. The van der Waals surface area contributed by atoms with Crippen molar-refractivity contribution in [3.8, 4) is 0 Å². The Morgan fingerprint density at radius 1 is 0.774 bits per heavy atom. The van der Waals surface area contributed by atoms with Crippen molar-refractivity contribution in [2.75, 3.05) is 0 Å². The number of hydrogen-bond donors (Lipinski definition) is 0. The molecule has 0 amide bonds. The molecule has 31 heavy (non-hydrogen) atoms. The number of rotatable bonds is 2. The highest BCUT2D eigenvalue weighted by molar-refractivity contribution is 5.15. The van der Waals surface area contributed by atoms with Gasteiger partial charge in [-0.3, -0.25) is 0 Å².